The van der Waals surface area contributed by atoms with Crippen LogP contribution >= 0.6 is 0 Å². The summed E-state index contributed by atoms with van der Waals surface area (Å²) in [5, 5.41) is 0. The number of hydrogen-bond donors (Lipinski definition) is 0. The van der Waals surface area contributed by atoms with Crippen LogP contribution in [0.1, 0.15) is 30.9 Å². The van der Waals surface area contributed by atoms with Crippen LogP contribution in [0.15, 0.2) is 18.2 Å². The smallest absolute Gasteiger partial charge is 0.134 e. The van der Waals surface area contributed by atoms with Gasteiger partial charge in [-0.25, -0.2) is 0 Å². The van der Waals surface area contributed by atoms with Crippen molar-refractivity contribution in [1.29, 1.82) is 0 Å². The van der Waals surface area contributed by atoms with Gasteiger partial charge >= 0.3 is 0 Å². The van der Waals surface area contributed by atoms with Crippen LogP contribution in [-0.4, -0.2) is 36.9 Å². The molecule has 0 saturated carbocycles. The molecule has 2 heterocycles. The summed E-state index contributed by atoms with van der Waals surface area (Å²) in [5.41, 5.74) is 2.74. The van der Waals surface area contributed by atoms with E-state index in [0.29, 0.717) is 5.78 Å². The molecule has 3 nitrogen and oxygen atoms in total. The van der Waals surface area contributed by atoms with Crippen LogP contribution in [0.5, 0.6) is 5.75 Å². The van der Waals surface area contributed by atoms with Crippen molar-refractivity contribution in [3.8, 4) is 5.75 Å². The van der Waals surface area contributed by atoms with Crippen LogP contribution < -0.4 is 4.74 Å². The molecule has 0 amide bonds. The van der Waals surface area contributed by atoms with Gasteiger partial charge in [-0.3, -0.25) is 4.79 Å². The van der Waals surface area contributed by atoms with Crippen LogP contribution in [0.3, 0.4) is 0 Å². The molecule has 2 aliphatic rings. The number of rotatable bonds is 4. The lowest BCUT2D eigenvalue weighted by atomic mass is 9.94. The van der Waals surface area contributed by atoms with Gasteiger partial charge in [0.2, 0.25) is 0 Å². The molecule has 108 valence electrons. The Morgan fingerprint density at radius 2 is 2.35 bits per heavy atom. The molecule has 20 heavy (non-hydrogen) atoms. The van der Waals surface area contributed by atoms with Gasteiger partial charge in [-0.15, -0.1) is 0 Å². The molecule has 0 aromatic heterocycles. The lowest BCUT2D eigenvalue weighted by molar-refractivity contribution is -0.122. The summed E-state index contributed by atoms with van der Waals surface area (Å²) in [6.45, 7) is 5.70. The van der Waals surface area contributed by atoms with E-state index in [4.69, 9.17) is 4.74 Å². The highest BCUT2D eigenvalue weighted by Crippen LogP contribution is 2.26. The predicted molar refractivity (Wildman–Crippen MR) is 79.2 cm³/mol. The molecular weight excluding hydrogens is 250 g/mol. The number of fused-ring (bicyclic) bond motifs is 1. The number of carbonyl (C=O) groups excluding carboxylic acids is 1. The molecule has 1 aromatic carbocycles. The van der Waals surface area contributed by atoms with E-state index in [0.717, 1.165) is 57.7 Å². The van der Waals surface area contributed by atoms with Gasteiger partial charge in [0.15, 0.2) is 0 Å². The lowest BCUT2D eigenvalue weighted by Gasteiger charge is -2.31. The molecule has 1 aromatic rings. The summed E-state index contributed by atoms with van der Waals surface area (Å²) in [6, 6.07) is 6.57. The maximum absolute atomic E-state index is 11.5. The Kier molecular flexibility index (Phi) is 4.06. The molecule has 1 unspecified atom stereocenters. The molecule has 1 atom stereocenters. The van der Waals surface area contributed by atoms with Gasteiger partial charge in [0.25, 0.3) is 0 Å². The summed E-state index contributed by atoms with van der Waals surface area (Å²) in [7, 11) is 0. The average molecular weight is 273 g/mol. The van der Waals surface area contributed by atoms with Crippen molar-refractivity contribution in [2.24, 2.45) is 5.92 Å². The summed E-state index contributed by atoms with van der Waals surface area (Å²) in [5.74, 6) is 1.67. The Morgan fingerprint density at radius 1 is 1.45 bits per heavy atom. The van der Waals surface area contributed by atoms with E-state index < -0.39 is 0 Å². The minimum atomic E-state index is 0.261. The van der Waals surface area contributed by atoms with E-state index >= 15 is 0 Å². The van der Waals surface area contributed by atoms with Crippen molar-refractivity contribution in [3.63, 3.8) is 0 Å². The van der Waals surface area contributed by atoms with E-state index in [1.54, 1.807) is 6.92 Å². The number of nitrogens with zero attached hydrogens (tertiary/aromatic N) is 1. The third-order valence-electron chi connectivity index (χ3n) is 4.55. The van der Waals surface area contributed by atoms with E-state index in [1.807, 2.05) is 0 Å². The first kappa shape index (κ1) is 13.6. The summed E-state index contributed by atoms with van der Waals surface area (Å²) in [6.07, 6.45) is 4.33. The van der Waals surface area contributed by atoms with E-state index in [1.165, 1.54) is 11.1 Å². The van der Waals surface area contributed by atoms with Gasteiger partial charge < -0.3 is 9.64 Å². The van der Waals surface area contributed by atoms with Crippen LogP contribution in [0.4, 0.5) is 0 Å². The number of carbonyl (C=O) groups is 1. The molecule has 2 aliphatic heterocycles. The Bertz CT molecular complexity index is 498. The Labute approximate surface area is 120 Å². The minimum Gasteiger partial charge on any atom is -0.493 e. The summed E-state index contributed by atoms with van der Waals surface area (Å²) < 4.78 is 5.54. The number of piperidine rings is 1. The monoisotopic (exact) mass is 273 g/mol. The Balaban J connectivity index is 1.55. The second-order valence-corrected chi connectivity index (χ2v) is 6.04. The number of benzene rings is 1. The topological polar surface area (TPSA) is 29.5 Å². The van der Waals surface area contributed by atoms with Gasteiger partial charge in [0.1, 0.15) is 11.5 Å². The zero-order chi connectivity index (χ0) is 13.9. The molecule has 0 bridgehead atoms. The lowest BCUT2D eigenvalue weighted by Crippen LogP contribution is -2.39. The maximum atomic E-state index is 11.5. The zero-order valence-electron chi connectivity index (χ0n) is 12.2. The number of ketones is 1. The Morgan fingerprint density at radius 3 is 3.20 bits per heavy atom. The summed E-state index contributed by atoms with van der Waals surface area (Å²) >= 11 is 0. The first-order valence-corrected chi connectivity index (χ1v) is 7.70. The molecule has 0 aliphatic carbocycles. The molecule has 0 spiro atoms. The highest BCUT2D eigenvalue weighted by atomic mass is 16.5. The third kappa shape index (κ3) is 3.04. The molecular formula is C17H23NO2. The fraction of sp³-hybridized carbons (Fsp3) is 0.588. The second kappa shape index (κ2) is 5.96. The fourth-order valence-corrected chi connectivity index (χ4v) is 3.27. The van der Waals surface area contributed by atoms with Gasteiger partial charge in [0, 0.05) is 25.4 Å². The SMILES string of the molecule is CC(=O)C1CCCN(CCc2ccc3c(c2)CCO3)C1. The largest absolute Gasteiger partial charge is 0.493 e. The molecule has 1 fully saturated rings. The van der Waals surface area contributed by atoms with E-state index in [2.05, 4.69) is 23.1 Å². The summed E-state index contributed by atoms with van der Waals surface area (Å²) in [4.78, 5) is 13.9. The maximum Gasteiger partial charge on any atom is 0.134 e. The first-order chi connectivity index (χ1) is 9.72. The Hall–Kier alpha value is -1.35. The minimum absolute atomic E-state index is 0.261. The van der Waals surface area contributed by atoms with Crippen LogP contribution in [-0.2, 0) is 17.6 Å². The van der Waals surface area contributed by atoms with Crippen LogP contribution in [0.25, 0.3) is 0 Å². The van der Waals surface area contributed by atoms with Gasteiger partial charge in [-0.05, 0) is 49.9 Å². The standard InChI is InChI=1S/C17H23NO2/c1-13(19)16-3-2-8-18(12-16)9-6-14-4-5-17-15(11-14)7-10-20-17/h4-5,11,16H,2-3,6-10,12H2,1H3. The second-order valence-electron chi connectivity index (χ2n) is 6.04. The van der Waals surface area contributed by atoms with Crippen molar-refractivity contribution in [3.05, 3.63) is 29.3 Å². The predicted octanol–water partition coefficient (Wildman–Crippen LogP) is 2.47. The molecule has 0 N–H and O–H groups in total. The third-order valence-corrected chi connectivity index (χ3v) is 4.55. The van der Waals surface area contributed by atoms with Gasteiger partial charge in [-0.2, -0.15) is 0 Å². The fourth-order valence-electron chi connectivity index (χ4n) is 3.27. The highest BCUT2D eigenvalue weighted by Gasteiger charge is 2.22. The van der Waals surface area contributed by atoms with Gasteiger partial charge in [0.05, 0.1) is 6.61 Å². The normalized spacial score (nSPS) is 22.4. The molecule has 1 saturated heterocycles. The van der Waals surface area contributed by atoms with Crippen molar-refractivity contribution < 1.29 is 9.53 Å². The number of Topliss-reactive ketones (excluding diaryl/α,β-unsaturated/α-hetero) is 1. The van der Waals surface area contributed by atoms with Crippen molar-refractivity contribution >= 4 is 5.78 Å². The van der Waals surface area contributed by atoms with Gasteiger partial charge in [-0.1, -0.05) is 12.1 Å². The van der Waals surface area contributed by atoms with Crippen LogP contribution in [0.2, 0.25) is 0 Å². The quantitative estimate of drug-likeness (QED) is 0.844. The van der Waals surface area contributed by atoms with Crippen molar-refractivity contribution in [2.75, 3.05) is 26.2 Å². The number of hydrogen-bond acceptors (Lipinski definition) is 3. The first-order valence-electron chi connectivity index (χ1n) is 7.70. The average Bonchev–Trinajstić information content (AvgIpc) is 2.93. The van der Waals surface area contributed by atoms with Crippen molar-refractivity contribution in [1.82, 2.24) is 4.90 Å². The zero-order valence-corrected chi connectivity index (χ0v) is 12.2. The van der Waals surface area contributed by atoms with E-state index in [9.17, 15) is 4.79 Å². The molecule has 0 radical (unpaired) electrons. The number of likely N-dealkylation sites (tertiary alicyclic amines) is 1. The highest BCUT2D eigenvalue weighted by molar-refractivity contribution is 5.78. The van der Waals surface area contributed by atoms with Crippen molar-refractivity contribution in [2.45, 2.75) is 32.6 Å². The van der Waals surface area contributed by atoms with E-state index in [-0.39, 0.29) is 5.92 Å². The molecule has 3 rings (SSSR count). The molecule has 3 heteroatoms. The number of ether oxygens (including phenoxy) is 1. The van der Waals surface area contributed by atoms with Crippen LogP contribution in [0, 0.1) is 5.92 Å².